The van der Waals surface area contributed by atoms with E-state index >= 15 is 0 Å². The summed E-state index contributed by atoms with van der Waals surface area (Å²) < 4.78 is 14.2. The van der Waals surface area contributed by atoms with Crippen molar-refractivity contribution in [1.82, 2.24) is 0 Å². The van der Waals surface area contributed by atoms with E-state index in [2.05, 4.69) is 27.3 Å². The van der Waals surface area contributed by atoms with Gasteiger partial charge in [0.25, 0.3) is 0 Å². The molecular weight excluding hydrogens is 295 g/mol. The van der Waals surface area contributed by atoms with E-state index in [4.69, 9.17) is 5.26 Å². The van der Waals surface area contributed by atoms with Crippen molar-refractivity contribution in [1.29, 1.82) is 5.26 Å². The Bertz CT molecular complexity index is 632. The van der Waals surface area contributed by atoms with Gasteiger partial charge in [0.05, 0.1) is 11.6 Å². The predicted molar refractivity (Wildman–Crippen MR) is 73.3 cm³/mol. The van der Waals surface area contributed by atoms with E-state index < -0.39 is 0 Å². The van der Waals surface area contributed by atoms with Gasteiger partial charge in [-0.3, -0.25) is 0 Å². The van der Waals surface area contributed by atoms with Gasteiger partial charge in [0.15, 0.2) is 0 Å². The lowest BCUT2D eigenvalue weighted by molar-refractivity contribution is 0.619. The summed E-state index contributed by atoms with van der Waals surface area (Å²) in [5.74, 6) is -0.254. The molecule has 2 aromatic rings. The van der Waals surface area contributed by atoms with Crippen molar-refractivity contribution in [3.63, 3.8) is 0 Å². The highest BCUT2D eigenvalue weighted by Crippen LogP contribution is 2.23. The number of nitriles is 1. The first-order valence-electron chi connectivity index (χ1n) is 5.32. The van der Waals surface area contributed by atoms with Crippen LogP contribution in [0.5, 0.6) is 0 Å². The third-order valence-corrected chi connectivity index (χ3v) is 2.95. The molecule has 0 heterocycles. The largest absolute Gasteiger partial charge is 0.355 e. The highest BCUT2D eigenvalue weighted by Gasteiger charge is 2.02. The second-order valence-corrected chi connectivity index (χ2v) is 4.85. The highest BCUT2D eigenvalue weighted by atomic mass is 79.9. The minimum Gasteiger partial charge on any atom is -0.355 e. The fourth-order valence-electron chi connectivity index (χ4n) is 1.56. The van der Waals surface area contributed by atoms with Gasteiger partial charge >= 0.3 is 0 Å². The molecule has 0 radical (unpaired) electrons. The fraction of sp³-hybridized carbons (Fsp3) is 0.0714. The SMILES string of the molecule is Cc1ccc(Nc2cc(Br)cc(C#N)c2)cc1F. The smallest absolute Gasteiger partial charge is 0.128 e. The molecule has 4 heteroatoms. The maximum atomic E-state index is 13.4. The predicted octanol–water partition coefficient (Wildman–Crippen LogP) is 4.51. The van der Waals surface area contributed by atoms with Crippen molar-refractivity contribution in [3.8, 4) is 6.07 Å². The van der Waals surface area contributed by atoms with E-state index in [1.807, 2.05) is 6.07 Å². The average Bonchev–Trinajstić information content (AvgIpc) is 2.33. The second kappa shape index (κ2) is 5.19. The Morgan fingerprint density at radius 3 is 2.61 bits per heavy atom. The first-order valence-corrected chi connectivity index (χ1v) is 6.11. The first kappa shape index (κ1) is 12.6. The Morgan fingerprint density at radius 1 is 1.17 bits per heavy atom. The lowest BCUT2D eigenvalue weighted by atomic mass is 10.2. The molecule has 0 spiro atoms. The number of hydrogen-bond donors (Lipinski definition) is 1. The molecule has 0 atom stereocenters. The van der Waals surface area contributed by atoms with Gasteiger partial charge in [0.2, 0.25) is 0 Å². The number of benzene rings is 2. The van der Waals surface area contributed by atoms with Crippen molar-refractivity contribution in [2.45, 2.75) is 6.92 Å². The van der Waals surface area contributed by atoms with Crippen LogP contribution in [0.2, 0.25) is 0 Å². The van der Waals surface area contributed by atoms with Crippen LogP contribution in [0.1, 0.15) is 11.1 Å². The van der Waals surface area contributed by atoms with Crippen LogP contribution in [-0.4, -0.2) is 0 Å². The number of nitrogens with one attached hydrogen (secondary N) is 1. The number of hydrogen-bond acceptors (Lipinski definition) is 2. The number of aryl methyl sites for hydroxylation is 1. The van der Waals surface area contributed by atoms with Gasteiger partial charge in [-0.2, -0.15) is 5.26 Å². The number of anilines is 2. The molecule has 18 heavy (non-hydrogen) atoms. The van der Waals surface area contributed by atoms with Crippen LogP contribution in [0.25, 0.3) is 0 Å². The summed E-state index contributed by atoms with van der Waals surface area (Å²) in [5.41, 5.74) is 2.54. The summed E-state index contributed by atoms with van der Waals surface area (Å²) in [4.78, 5) is 0. The molecule has 90 valence electrons. The molecule has 1 N–H and O–H groups in total. The summed E-state index contributed by atoms with van der Waals surface area (Å²) in [6.07, 6.45) is 0. The molecule has 2 nitrogen and oxygen atoms in total. The Morgan fingerprint density at radius 2 is 1.94 bits per heavy atom. The summed E-state index contributed by atoms with van der Waals surface area (Å²) in [6, 6.07) is 12.3. The molecule has 0 aliphatic carbocycles. The average molecular weight is 305 g/mol. The molecular formula is C14H10BrFN2. The molecule has 0 aliphatic heterocycles. The molecule has 0 aliphatic rings. The lowest BCUT2D eigenvalue weighted by Crippen LogP contribution is -1.93. The number of halogens is 2. The molecule has 0 saturated carbocycles. The van der Waals surface area contributed by atoms with Gasteiger partial charge in [-0.15, -0.1) is 0 Å². The molecule has 0 unspecified atom stereocenters. The monoisotopic (exact) mass is 304 g/mol. The molecule has 2 rings (SSSR count). The Kier molecular flexibility index (Phi) is 3.63. The van der Waals surface area contributed by atoms with Crippen molar-refractivity contribution in [2.75, 3.05) is 5.32 Å². The Hall–Kier alpha value is -1.86. The topological polar surface area (TPSA) is 35.8 Å². The summed E-state index contributed by atoms with van der Waals surface area (Å²) in [6.45, 7) is 1.71. The zero-order valence-electron chi connectivity index (χ0n) is 9.67. The van der Waals surface area contributed by atoms with Gasteiger partial charge in [-0.25, -0.2) is 4.39 Å². The van der Waals surface area contributed by atoms with Crippen molar-refractivity contribution in [3.05, 3.63) is 57.8 Å². The summed E-state index contributed by atoms with van der Waals surface area (Å²) in [7, 11) is 0. The molecule has 0 bridgehead atoms. The molecule has 2 aromatic carbocycles. The maximum Gasteiger partial charge on any atom is 0.128 e. The third-order valence-electron chi connectivity index (χ3n) is 2.49. The molecule has 0 fully saturated rings. The zero-order valence-corrected chi connectivity index (χ0v) is 11.3. The van der Waals surface area contributed by atoms with E-state index in [0.717, 1.165) is 10.2 Å². The summed E-state index contributed by atoms with van der Waals surface area (Å²) in [5, 5.41) is 11.9. The fourth-order valence-corrected chi connectivity index (χ4v) is 2.06. The zero-order chi connectivity index (χ0) is 13.1. The van der Waals surface area contributed by atoms with Gasteiger partial charge in [0.1, 0.15) is 5.82 Å². The van der Waals surface area contributed by atoms with E-state index in [0.29, 0.717) is 16.8 Å². The van der Waals surface area contributed by atoms with Gasteiger partial charge in [-0.05, 0) is 42.8 Å². The van der Waals surface area contributed by atoms with Gasteiger partial charge < -0.3 is 5.32 Å². The van der Waals surface area contributed by atoms with Crippen LogP contribution < -0.4 is 5.32 Å². The van der Waals surface area contributed by atoms with E-state index in [1.54, 1.807) is 31.2 Å². The quantitative estimate of drug-likeness (QED) is 0.886. The van der Waals surface area contributed by atoms with Crippen LogP contribution in [0.3, 0.4) is 0 Å². The number of rotatable bonds is 2. The van der Waals surface area contributed by atoms with Crippen LogP contribution >= 0.6 is 15.9 Å². The Labute approximate surface area is 113 Å². The van der Waals surface area contributed by atoms with Gasteiger partial charge in [0, 0.05) is 15.8 Å². The standard InChI is InChI=1S/C14H10BrFN2/c1-9-2-3-12(7-14(9)16)18-13-5-10(8-17)4-11(15)6-13/h2-7,18H,1H3. The van der Waals surface area contributed by atoms with Crippen LogP contribution in [0.4, 0.5) is 15.8 Å². The normalized spacial score (nSPS) is 9.89. The van der Waals surface area contributed by atoms with Crippen LogP contribution in [0, 0.1) is 24.1 Å². The van der Waals surface area contributed by atoms with Crippen LogP contribution in [0.15, 0.2) is 40.9 Å². The molecule has 0 aromatic heterocycles. The van der Waals surface area contributed by atoms with E-state index in [9.17, 15) is 4.39 Å². The van der Waals surface area contributed by atoms with Crippen molar-refractivity contribution >= 4 is 27.3 Å². The number of nitrogens with zero attached hydrogens (tertiary/aromatic N) is 1. The minimum absolute atomic E-state index is 0.254. The van der Waals surface area contributed by atoms with E-state index in [1.165, 1.54) is 6.07 Å². The van der Waals surface area contributed by atoms with Gasteiger partial charge in [-0.1, -0.05) is 22.0 Å². The molecule has 0 saturated heterocycles. The second-order valence-electron chi connectivity index (χ2n) is 3.93. The molecule has 0 amide bonds. The Balaban J connectivity index is 2.31. The summed E-state index contributed by atoms with van der Waals surface area (Å²) >= 11 is 3.33. The lowest BCUT2D eigenvalue weighted by Gasteiger charge is -2.08. The maximum absolute atomic E-state index is 13.4. The third kappa shape index (κ3) is 2.88. The minimum atomic E-state index is -0.254. The highest BCUT2D eigenvalue weighted by molar-refractivity contribution is 9.10. The van der Waals surface area contributed by atoms with Crippen molar-refractivity contribution in [2.24, 2.45) is 0 Å². The first-order chi connectivity index (χ1) is 8.58. The van der Waals surface area contributed by atoms with Crippen molar-refractivity contribution < 1.29 is 4.39 Å². The van der Waals surface area contributed by atoms with E-state index in [-0.39, 0.29) is 5.82 Å². The van der Waals surface area contributed by atoms with Crippen LogP contribution in [-0.2, 0) is 0 Å².